The van der Waals surface area contributed by atoms with Crippen LogP contribution < -0.4 is 14.2 Å². The molecule has 0 saturated carbocycles. The van der Waals surface area contributed by atoms with E-state index in [1.54, 1.807) is 13.2 Å². The maximum atomic E-state index is 12.4. The topological polar surface area (TPSA) is 66.6 Å². The highest BCUT2D eigenvalue weighted by molar-refractivity contribution is 7.98. The summed E-state index contributed by atoms with van der Waals surface area (Å²) in [4.78, 5) is 5.36. The van der Waals surface area contributed by atoms with Gasteiger partial charge in [0.1, 0.15) is 5.75 Å². The fourth-order valence-electron chi connectivity index (χ4n) is 2.25. The Morgan fingerprint density at radius 1 is 1.04 bits per heavy atom. The first-order valence-corrected chi connectivity index (χ1v) is 8.80. The van der Waals surface area contributed by atoms with Crippen molar-refractivity contribution in [3.05, 3.63) is 48.4 Å². The van der Waals surface area contributed by atoms with Crippen molar-refractivity contribution in [1.82, 2.24) is 10.1 Å². The zero-order valence-electron chi connectivity index (χ0n) is 14.5. The van der Waals surface area contributed by atoms with Gasteiger partial charge in [0.15, 0.2) is 11.5 Å². The summed E-state index contributed by atoms with van der Waals surface area (Å²) in [7, 11) is 2.98. The van der Waals surface area contributed by atoms with E-state index in [1.165, 1.54) is 31.0 Å². The third kappa shape index (κ3) is 4.88. The largest absolute Gasteiger partial charge is 0.497 e. The molecule has 1 heterocycles. The van der Waals surface area contributed by atoms with E-state index < -0.39 is 6.61 Å². The van der Waals surface area contributed by atoms with Crippen molar-refractivity contribution in [1.29, 1.82) is 0 Å². The fourth-order valence-corrected chi connectivity index (χ4v) is 2.98. The van der Waals surface area contributed by atoms with Crippen LogP contribution >= 0.6 is 11.8 Å². The number of thioether (sulfide) groups is 1. The smallest absolute Gasteiger partial charge is 0.387 e. The van der Waals surface area contributed by atoms with Gasteiger partial charge in [0, 0.05) is 10.5 Å². The Labute approximate surface area is 158 Å². The third-order valence-electron chi connectivity index (χ3n) is 3.53. The molecule has 3 rings (SSSR count). The van der Waals surface area contributed by atoms with E-state index in [0.29, 0.717) is 23.0 Å². The summed E-state index contributed by atoms with van der Waals surface area (Å²) in [6.07, 6.45) is 0. The molecule has 2 aromatic carbocycles. The lowest BCUT2D eigenvalue weighted by Crippen LogP contribution is -2.03. The Morgan fingerprint density at radius 2 is 1.81 bits per heavy atom. The normalized spacial score (nSPS) is 10.9. The molecule has 27 heavy (non-hydrogen) atoms. The van der Waals surface area contributed by atoms with Crippen molar-refractivity contribution in [2.75, 3.05) is 14.2 Å². The van der Waals surface area contributed by atoms with Crippen LogP contribution in [0, 0.1) is 0 Å². The van der Waals surface area contributed by atoms with E-state index in [0.717, 1.165) is 10.6 Å². The highest BCUT2D eigenvalue weighted by Crippen LogP contribution is 2.33. The Morgan fingerprint density at radius 3 is 2.48 bits per heavy atom. The Kier molecular flexibility index (Phi) is 6.12. The Bertz CT molecular complexity index is 887. The standard InChI is InChI=1S/C18H16F2N2O4S/c1-23-12-4-6-13(7-5-12)27-10-16-21-17(22-26-16)11-3-8-14(25-18(19)20)15(9-11)24-2/h3-9,18H,10H2,1-2H3. The van der Waals surface area contributed by atoms with Gasteiger partial charge in [-0.15, -0.1) is 11.8 Å². The number of benzene rings is 2. The molecule has 142 valence electrons. The van der Waals surface area contributed by atoms with Gasteiger partial charge in [-0.05, 0) is 42.5 Å². The zero-order chi connectivity index (χ0) is 19.2. The summed E-state index contributed by atoms with van der Waals surface area (Å²) >= 11 is 1.54. The molecule has 0 amide bonds. The van der Waals surface area contributed by atoms with E-state index in [4.69, 9.17) is 14.0 Å². The van der Waals surface area contributed by atoms with Gasteiger partial charge < -0.3 is 18.7 Å². The highest BCUT2D eigenvalue weighted by Gasteiger charge is 2.15. The van der Waals surface area contributed by atoms with Crippen molar-refractivity contribution in [3.63, 3.8) is 0 Å². The van der Waals surface area contributed by atoms with Gasteiger partial charge in [0.2, 0.25) is 11.7 Å². The second kappa shape index (κ2) is 8.72. The summed E-state index contributed by atoms with van der Waals surface area (Å²) in [6.45, 7) is -2.93. The maximum Gasteiger partial charge on any atom is 0.387 e. The van der Waals surface area contributed by atoms with Crippen LogP contribution in [0.4, 0.5) is 8.78 Å². The highest BCUT2D eigenvalue weighted by atomic mass is 32.2. The average molecular weight is 394 g/mol. The number of rotatable bonds is 8. The first-order chi connectivity index (χ1) is 13.1. The molecular weight excluding hydrogens is 378 g/mol. The summed E-state index contributed by atoms with van der Waals surface area (Å²) in [5.74, 6) is 2.15. The summed E-state index contributed by atoms with van der Waals surface area (Å²) < 4.78 is 44.7. The number of ether oxygens (including phenoxy) is 3. The first kappa shape index (κ1) is 19.0. The maximum absolute atomic E-state index is 12.4. The lowest BCUT2D eigenvalue weighted by molar-refractivity contribution is -0.0512. The molecule has 0 unspecified atom stereocenters. The zero-order valence-corrected chi connectivity index (χ0v) is 15.3. The second-order valence-electron chi connectivity index (χ2n) is 5.22. The molecular formula is C18H16F2N2O4S. The Balaban J connectivity index is 1.69. The molecule has 0 aliphatic heterocycles. The molecule has 0 N–H and O–H groups in total. The van der Waals surface area contributed by atoms with Crippen molar-refractivity contribution in [2.45, 2.75) is 17.3 Å². The van der Waals surface area contributed by atoms with E-state index in [2.05, 4.69) is 14.9 Å². The molecule has 1 aromatic heterocycles. The monoisotopic (exact) mass is 394 g/mol. The number of hydrogen-bond donors (Lipinski definition) is 0. The van der Waals surface area contributed by atoms with Gasteiger partial charge in [0.05, 0.1) is 20.0 Å². The molecule has 0 aliphatic rings. The lowest BCUT2D eigenvalue weighted by Gasteiger charge is -2.10. The molecule has 6 nitrogen and oxygen atoms in total. The van der Waals surface area contributed by atoms with Gasteiger partial charge >= 0.3 is 6.61 Å². The van der Waals surface area contributed by atoms with Gasteiger partial charge in [-0.3, -0.25) is 0 Å². The fraction of sp³-hybridized carbons (Fsp3) is 0.222. The van der Waals surface area contributed by atoms with Crippen molar-refractivity contribution >= 4 is 11.8 Å². The lowest BCUT2D eigenvalue weighted by atomic mass is 10.2. The molecule has 0 fully saturated rings. The SMILES string of the molecule is COc1ccc(SCc2nc(-c3ccc(OC(F)F)c(OC)c3)no2)cc1. The number of alkyl halides is 2. The molecule has 0 atom stereocenters. The van der Waals surface area contributed by atoms with Crippen molar-refractivity contribution in [3.8, 4) is 28.6 Å². The quantitative estimate of drug-likeness (QED) is 0.515. The first-order valence-electron chi connectivity index (χ1n) is 7.81. The molecule has 3 aromatic rings. The van der Waals surface area contributed by atoms with Gasteiger partial charge in [0.25, 0.3) is 0 Å². The van der Waals surface area contributed by atoms with Crippen molar-refractivity contribution < 1.29 is 27.5 Å². The van der Waals surface area contributed by atoms with E-state index in [-0.39, 0.29) is 11.5 Å². The minimum absolute atomic E-state index is 0.0602. The van der Waals surface area contributed by atoms with Crippen LogP contribution in [0.2, 0.25) is 0 Å². The second-order valence-corrected chi connectivity index (χ2v) is 6.27. The van der Waals surface area contributed by atoms with E-state index >= 15 is 0 Å². The van der Waals surface area contributed by atoms with Gasteiger partial charge in [-0.1, -0.05) is 5.16 Å². The minimum atomic E-state index is -2.93. The van der Waals surface area contributed by atoms with Crippen LogP contribution in [-0.4, -0.2) is 31.0 Å². The van der Waals surface area contributed by atoms with Crippen molar-refractivity contribution in [2.24, 2.45) is 0 Å². The number of aromatic nitrogens is 2. The van der Waals surface area contributed by atoms with Crippen LogP contribution in [-0.2, 0) is 5.75 Å². The van der Waals surface area contributed by atoms with Crippen LogP contribution in [0.5, 0.6) is 17.2 Å². The van der Waals surface area contributed by atoms with Crippen LogP contribution in [0.25, 0.3) is 11.4 Å². The molecule has 0 saturated heterocycles. The summed E-state index contributed by atoms with van der Waals surface area (Å²) in [6, 6.07) is 12.1. The molecule has 0 aliphatic carbocycles. The van der Waals surface area contributed by atoms with Crippen LogP contribution in [0.1, 0.15) is 5.89 Å². The predicted molar refractivity (Wildman–Crippen MR) is 95.5 cm³/mol. The van der Waals surface area contributed by atoms with Crippen LogP contribution in [0.3, 0.4) is 0 Å². The molecule has 0 bridgehead atoms. The Hall–Kier alpha value is -2.81. The molecule has 0 spiro atoms. The average Bonchev–Trinajstić information content (AvgIpc) is 3.15. The molecule has 9 heteroatoms. The minimum Gasteiger partial charge on any atom is -0.497 e. The number of halogens is 2. The predicted octanol–water partition coefficient (Wildman–Crippen LogP) is 4.65. The van der Waals surface area contributed by atoms with E-state index in [1.807, 2.05) is 24.3 Å². The number of methoxy groups -OCH3 is 2. The molecule has 0 radical (unpaired) electrons. The summed E-state index contributed by atoms with van der Waals surface area (Å²) in [5, 5.41) is 3.93. The van der Waals surface area contributed by atoms with Gasteiger partial charge in [-0.25, -0.2) is 0 Å². The van der Waals surface area contributed by atoms with E-state index in [9.17, 15) is 8.78 Å². The van der Waals surface area contributed by atoms with Crippen LogP contribution in [0.15, 0.2) is 51.9 Å². The number of hydrogen-bond acceptors (Lipinski definition) is 7. The third-order valence-corrected chi connectivity index (χ3v) is 4.52. The number of nitrogens with zero attached hydrogens (tertiary/aromatic N) is 2. The summed E-state index contributed by atoms with van der Waals surface area (Å²) in [5.41, 5.74) is 0.568. The van der Waals surface area contributed by atoms with Gasteiger partial charge in [-0.2, -0.15) is 13.8 Å².